The molecule has 3 aromatic carbocycles. The van der Waals surface area contributed by atoms with Gasteiger partial charge in [-0.2, -0.15) is 5.10 Å². The SMILES string of the molecule is Cc1ccc(NC(=O)[C@H](OC(=O)c2cc3c(C)nn(-c4ccccc4Cl)c3s2)c2ccccc2)cc1Cl. The van der Waals surface area contributed by atoms with Crippen molar-refractivity contribution in [1.29, 1.82) is 0 Å². The molecule has 0 bridgehead atoms. The lowest BCUT2D eigenvalue weighted by Gasteiger charge is -2.18. The van der Waals surface area contributed by atoms with Gasteiger partial charge >= 0.3 is 5.97 Å². The Kier molecular flexibility index (Phi) is 7.02. The number of halogens is 2. The summed E-state index contributed by atoms with van der Waals surface area (Å²) in [4.78, 5) is 27.7. The summed E-state index contributed by atoms with van der Waals surface area (Å²) in [5, 5.41) is 9.28. The number of thiophene rings is 1. The molecule has 9 heteroatoms. The minimum atomic E-state index is -1.17. The van der Waals surface area contributed by atoms with Crippen LogP contribution < -0.4 is 5.32 Å². The molecule has 0 aliphatic heterocycles. The summed E-state index contributed by atoms with van der Waals surface area (Å²) < 4.78 is 7.51. The average Bonchev–Trinajstić information content (AvgIpc) is 3.46. The van der Waals surface area contributed by atoms with Crippen molar-refractivity contribution in [2.24, 2.45) is 0 Å². The molecule has 0 unspecified atom stereocenters. The van der Waals surface area contributed by atoms with Crippen LogP contribution in [0.25, 0.3) is 15.9 Å². The van der Waals surface area contributed by atoms with Crippen molar-refractivity contribution in [3.63, 3.8) is 0 Å². The quantitative estimate of drug-likeness (QED) is 0.222. The number of anilines is 1. The number of hydrogen-bond acceptors (Lipinski definition) is 5. The van der Waals surface area contributed by atoms with E-state index in [1.165, 1.54) is 11.3 Å². The molecule has 1 atom stereocenters. The molecular formula is C28H21Cl2N3O3S. The van der Waals surface area contributed by atoms with E-state index >= 15 is 0 Å². The van der Waals surface area contributed by atoms with Crippen LogP contribution in [0.2, 0.25) is 10.0 Å². The number of aromatic nitrogens is 2. The van der Waals surface area contributed by atoms with Gasteiger partial charge in [0.1, 0.15) is 9.71 Å². The smallest absolute Gasteiger partial charge is 0.349 e. The lowest BCUT2D eigenvalue weighted by atomic mass is 10.1. The maximum atomic E-state index is 13.3. The molecule has 1 amide bonds. The molecule has 1 N–H and O–H groups in total. The number of carbonyl (C=O) groups excluding carboxylic acids is 2. The molecule has 0 aliphatic carbocycles. The van der Waals surface area contributed by atoms with Gasteiger partial charge in [-0.3, -0.25) is 4.79 Å². The van der Waals surface area contributed by atoms with E-state index in [2.05, 4.69) is 10.4 Å². The maximum Gasteiger partial charge on any atom is 0.349 e. The third-order valence-electron chi connectivity index (χ3n) is 5.83. The van der Waals surface area contributed by atoms with Crippen LogP contribution in [0.4, 0.5) is 5.69 Å². The summed E-state index contributed by atoms with van der Waals surface area (Å²) >= 11 is 13.8. The number of amides is 1. The molecule has 186 valence electrons. The maximum absolute atomic E-state index is 13.3. The highest BCUT2D eigenvalue weighted by Gasteiger charge is 2.28. The lowest BCUT2D eigenvalue weighted by molar-refractivity contribution is -0.125. The monoisotopic (exact) mass is 549 g/mol. The van der Waals surface area contributed by atoms with Crippen LogP contribution in [0.1, 0.15) is 32.6 Å². The number of benzene rings is 3. The van der Waals surface area contributed by atoms with Gasteiger partial charge in [-0.1, -0.05) is 71.7 Å². The molecule has 0 saturated carbocycles. The van der Waals surface area contributed by atoms with Crippen molar-refractivity contribution in [2.75, 3.05) is 5.32 Å². The van der Waals surface area contributed by atoms with E-state index in [4.69, 9.17) is 27.9 Å². The summed E-state index contributed by atoms with van der Waals surface area (Å²) in [5.41, 5.74) is 3.41. The van der Waals surface area contributed by atoms with Gasteiger partial charge in [0.25, 0.3) is 5.91 Å². The molecule has 0 spiro atoms. The Balaban J connectivity index is 1.45. The number of nitrogens with one attached hydrogen (secondary N) is 1. The van der Waals surface area contributed by atoms with Crippen LogP contribution in [0, 0.1) is 13.8 Å². The number of nitrogens with zero attached hydrogens (tertiary/aromatic N) is 2. The Morgan fingerprint density at radius 1 is 0.946 bits per heavy atom. The summed E-state index contributed by atoms with van der Waals surface area (Å²) in [5.74, 6) is -1.10. The molecule has 0 aliphatic rings. The van der Waals surface area contributed by atoms with Gasteiger partial charge < -0.3 is 10.1 Å². The fourth-order valence-electron chi connectivity index (χ4n) is 3.88. The van der Waals surface area contributed by atoms with E-state index in [-0.39, 0.29) is 0 Å². The first-order valence-corrected chi connectivity index (χ1v) is 13.0. The number of ether oxygens (including phenoxy) is 1. The lowest BCUT2D eigenvalue weighted by Crippen LogP contribution is -2.25. The topological polar surface area (TPSA) is 73.2 Å². The second-order valence-corrected chi connectivity index (χ2v) is 10.3. The van der Waals surface area contributed by atoms with Gasteiger partial charge in [0, 0.05) is 21.7 Å². The third-order valence-corrected chi connectivity index (χ3v) is 7.65. The fraction of sp³-hybridized carbons (Fsp3) is 0.107. The first kappa shape index (κ1) is 25.0. The zero-order valence-corrected chi connectivity index (χ0v) is 22.2. The second kappa shape index (κ2) is 10.4. The van der Waals surface area contributed by atoms with Crippen molar-refractivity contribution < 1.29 is 14.3 Å². The van der Waals surface area contributed by atoms with E-state index in [1.54, 1.807) is 53.2 Å². The predicted molar refractivity (Wildman–Crippen MR) is 148 cm³/mol. The third kappa shape index (κ3) is 5.11. The Morgan fingerprint density at radius 3 is 2.41 bits per heavy atom. The molecule has 0 radical (unpaired) electrons. The second-order valence-electron chi connectivity index (χ2n) is 8.43. The van der Waals surface area contributed by atoms with Gasteiger partial charge in [0.15, 0.2) is 0 Å². The minimum absolute atomic E-state index is 0.350. The molecule has 5 aromatic rings. The number of hydrogen-bond donors (Lipinski definition) is 1. The summed E-state index contributed by atoms with van der Waals surface area (Å²) in [6, 6.07) is 23.2. The molecule has 37 heavy (non-hydrogen) atoms. The van der Waals surface area contributed by atoms with Crippen LogP contribution in [-0.2, 0) is 9.53 Å². The number of rotatable bonds is 6. The van der Waals surface area contributed by atoms with Crippen molar-refractivity contribution in [3.8, 4) is 5.69 Å². The Hall–Kier alpha value is -3.65. The normalized spacial score (nSPS) is 11.9. The Morgan fingerprint density at radius 2 is 1.68 bits per heavy atom. The van der Waals surface area contributed by atoms with E-state index < -0.39 is 18.0 Å². The van der Waals surface area contributed by atoms with Crippen LogP contribution in [0.3, 0.4) is 0 Å². The van der Waals surface area contributed by atoms with E-state index in [0.717, 1.165) is 21.5 Å². The van der Waals surface area contributed by atoms with E-state index in [1.807, 2.05) is 44.2 Å². The predicted octanol–water partition coefficient (Wildman–Crippen LogP) is 7.55. The number of aryl methyl sites for hydroxylation is 2. The summed E-state index contributed by atoms with van der Waals surface area (Å²) in [7, 11) is 0. The Labute approximate surface area is 227 Å². The first-order chi connectivity index (χ1) is 17.8. The zero-order valence-electron chi connectivity index (χ0n) is 19.9. The van der Waals surface area contributed by atoms with Crippen molar-refractivity contribution >= 4 is 62.3 Å². The molecule has 5 rings (SSSR count). The number of carbonyl (C=O) groups is 2. The first-order valence-electron chi connectivity index (χ1n) is 11.4. The van der Waals surface area contributed by atoms with E-state index in [0.29, 0.717) is 31.9 Å². The highest BCUT2D eigenvalue weighted by atomic mass is 35.5. The minimum Gasteiger partial charge on any atom is -0.443 e. The molecule has 2 aromatic heterocycles. The average molecular weight is 550 g/mol. The highest BCUT2D eigenvalue weighted by molar-refractivity contribution is 7.20. The standard InChI is InChI=1S/C28H21Cl2N3O3S/c1-16-12-13-19(14-22(16)30)31-26(34)25(18-8-4-3-5-9-18)36-28(35)24-15-20-17(2)32-33(27(20)37-24)23-11-7-6-10-21(23)29/h3-15,25H,1-2H3,(H,31,34)/t25-/m1/s1. The van der Waals surface area contributed by atoms with Crippen LogP contribution in [0.5, 0.6) is 0 Å². The molecule has 2 heterocycles. The van der Waals surface area contributed by atoms with Crippen molar-refractivity contribution in [1.82, 2.24) is 9.78 Å². The van der Waals surface area contributed by atoms with Gasteiger partial charge in [-0.25, -0.2) is 9.48 Å². The fourth-order valence-corrected chi connectivity index (χ4v) is 5.33. The van der Waals surface area contributed by atoms with Crippen LogP contribution >= 0.6 is 34.5 Å². The molecule has 0 saturated heterocycles. The molecular weight excluding hydrogens is 529 g/mol. The number of esters is 1. The van der Waals surface area contributed by atoms with Gasteiger partial charge in [-0.05, 0) is 49.7 Å². The summed E-state index contributed by atoms with van der Waals surface area (Å²) in [6.07, 6.45) is -1.17. The van der Waals surface area contributed by atoms with Crippen LogP contribution in [0.15, 0.2) is 78.9 Å². The number of fused-ring (bicyclic) bond motifs is 1. The van der Waals surface area contributed by atoms with Crippen molar-refractivity contribution in [3.05, 3.63) is 111 Å². The number of para-hydroxylation sites is 1. The van der Waals surface area contributed by atoms with Gasteiger partial charge in [0.05, 0.1) is 16.4 Å². The molecule has 0 fully saturated rings. The largest absolute Gasteiger partial charge is 0.443 e. The summed E-state index contributed by atoms with van der Waals surface area (Å²) in [6.45, 7) is 3.74. The highest BCUT2D eigenvalue weighted by Crippen LogP contribution is 2.34. The van der Waals surface area contributed by atoms with E-state index in [9.17, 15) is 9.59 Å². The van der Waals surface area contributed by atoms with Crippen LogP contribution in [-0.4, -0.2) is 21.7 Å². The zero-order chi connectivity index (χ0) is 26.1. The van der Waals surface area contributed by atoms with Gasteiger partial charge in [0.2, 0.25) is 6.10 Å². The molecule has 6 nitrogen and oxygen atoms in total. The van der Waals surface area contributed by atoms with Crippen molar-refractivity contribution in [2.45, 2.75) is 20.0 Å². The van der Waals surface area contributed by atoms with Gasteiger partial charge in [-0.15, -0.1) is 11.3 Å². The Bertz CT molecular complexity index is 1630.